The van der Waals surface area contributed by atoms with Crippen LogP contribution in [0.15, 0.2) is 65.2 Å². The Morgan fingerprint density at radius 1 is 0.929 bits per heavy atom. The molecule has 0 N–H and O–H groups in total. The summed E-state index contributed by atoms with van der Waals surface area (Å²) in [6, 6.07) is 13.9. The van der Waals surface area contributed by atoms with E-state index in [-0.39, 0.29) is 30.3 Å². The third kappa shape index (κ3) is 3.52. The molecule has 0 unspecified atom stereocenters. The van der Waals surface area contributed by atoms with Crippen molar-refractivity contribution in [2.45, 2.75) is 19.4 Å². The Morgan fingerprint density at radius 2 is 1.50 bits per heavy atom. The van der Waals surface area contributed by atoms with Crippen LogP contribution in [0, 0.1) is 11.8 Å². The van der Waals surface area contributed by atoms with Gasteiger partial charge in [-0.25, -0.2) is 4.79 Å². The molecule has 2 atom stereocenters. The molecule has 28 heavy (non-hydrogen) atoms. The van der Waals surface area contributed by atoms with E-state index in [2.05, 4.69) is 15.9 Å². The van der Waals surface area contributed by atoms with Crippen molar-refractivity contribution in [1.29, 1.82) is 0 Å². The van der Waals surface area contributed by atoms with Gasteiger partial charge in [0.25, 0.3) is 0 Å². The van der Waals surface area contributed by atoms with E-state index in [1.165, 1.54) is 4.90 Å². The lowest BCUT2D eigenvalue weighted by molar-refractivity contribution is -0.122. The number of anilines is 1. The van der Waals surface area contributed by atoms with E-state index in [0.29, 0.717) is 24.1 Å². The molecule has 1 aliphatic heterocycles. The Labute approximate surface area is 171 Å². The summed E-state index contributed by atoms with van der Waals surface area (Å²) in [5.74, 6) is -1.32. The molecule has 0 saturated carbocycles. The van der Waals surface area contributed by atoms with E-state index in [1.54, 1.807) is 24.3 Å². The first-order valence-corrected chi connectivity index (χ1v) is 9.88. The third-order valence-corrected chi connectivity index (χ3v) is 5.68. The molecule has 1 aliphatic carbocycles. The normalized spacial score (nSPS) is 21.0. The quantitative estimate of drug-likeness (QED) is 0.405. The average molecular weight is 440 g/mol. The molecule has 1 fully saturated rings. The minimum Gasteiger partial charge on any atom is -0.457 e. The minimum atomic E-state index is -0.452. The van der Waals surface area contributed by atoms with Gasteiger partial charge in [0.15, 0.2) is 0 Å². The summed E-state index contributed by atoms with van der Waals surface area (Å²) in [6.45, 7) is 0.174. The van der Waals surface area contributed by atoms with Crippen LogP contribution < -0.4 is 4.90 Å². The second kappa shape index (κ2) is 7.72. The summed E-state index contributed by atoms with van der Waals surface area (Å²) >= 11 is 3.36. The summed E-state index contributed by atoms with van der Waals surface area (Å²) in [7, 11) is 0. The van der Waals surface area contributed by atoms with Gasteiger partial charge in [0.1, 0.15) is 6.61 Å². The van der Waals surface area contributed by atoms with Gasteiger partial charge in [-0.2, -0.15) is 0 Å². The highest BCUT2D eigenvalue weighted by Gasteiger charge is 2.47. The van der Waals surface area contributed by atoms with Crippen LogP contribution in [0.4, 0.5) is 5.69 Å². The Kier molecular flexibility index (Phi) is 5.13. The second-order valence-electron chi connectivity index (χ2n) is 6.92. The molecule has 0 spiro atoms. The predicted octanol–water partition coefficient (Wildman–Crippen LogP) is 4.26. The van der Waals surface area contributed by atoms with Crippen LogP contribution in [-0.2, 0) is 20.9 Å². The molecule has 0 bridgehead atoms. The number of amides is 2. The molecule has 4 rings (SSSR count). The van der Waals surface area contributed by atoms with Crippen molar-refractivity contribution < 1.29 is 19.1 Å². The maximum absolute atomic E-state index is 12.6. The van der Waals surface area contributed by atoms with Gasteiger partial charge in [-0.1, -0.05) is 40.2 Å². The lowest BCUT2D eigenvalue weighted by Gasteiger charge is -2.15. The zero-order chi connectivity index (χ0) is 19.7. The Morgan fingerprint density at radius 3 is 2.07 bits per heavy atom. The van der Waals surface area contributed by atoms with E-state index in [4.69, 9.17) is 4.74 Å². The molecule has 0 radical (unpaired) electrons. The summed E-state index contributed by atoms with van der Waals surface area (Å²) in [5.41, 5.74) is 1.76. The Balaban J connectivity index is 1.43. The fourth-order valence-electron chi connectivity index (χ4n) is 3.61. The van der Waals surface area contributed by atoms with Crippen molar-refractivity contribution in [3.05, 3.63) is 76.3 Å². The maximum atomic E-state index is 12.6. The van der Waals surface area contributed by atoms with Crippen LogP contribution in [0.25, 0.3) is 0 Å². The van der Waals surface area contributed by atoms with E-state index < -0.39 is 5.97 Å². The molecule has 2 aromatic carbocycles. The summed E-state index contributed by atoms with van der Waals surface area (Å²) in [6.07, 6.45) is 5.12. The molecule has 5 nitrogen and oxygen atoms in total. The Hall–Kier alpha value is -2.73. The first-order valence-electron chi connectivity index (χ1n) is 9.09. The van der Waals surface area contributed by atoms with Crippen LogP contribution in [0.1, 0.15) is 28.8 Å². The summed E-state index contributed by atoms with van der Waals surface area (Å²) in [5, 5.41) is 0. The van der Waals surface area contributed by atoms with Crippen LogP contribution in [0.2, 0.25) is 0 Å². The minimum absolute atomic E-state index is 0.162. The number of hydrogen-bond donors (Lipinski definition) is 0. The van der Waals surface area contributed by atoms with E-state index in [1.807, 2.05) is 36.4 Å². The Bertz CT molecular complexity index is 924. The van der Waals surface area contributed by atoms with Gasteiger partial charge in [0.2, 0.25) is 11.8 Å². The van der Waals surface area contributed by atoms with Crippen molar-refractivity contribution in [3.8, 4) is 0 Å². The number of ether oxygens (including phenoxy) is 1. The first kappa shape index (κ1) is 18.6. The van der Waals surface area contributed by atoms with Gasteiger partial charge < -0.3 is 4.74 Å². The number of halogens is 1. The fraction of sp³-hybridized carbons (Fsp3) is 0.227. The number of nitrogens with zero attached hydrogens (tertiary/aromatic N) is 1. The highest BCUT2D eigenvalue weighted by atomic mass is 79.9. The van der Waals surface area contributed by atoms with Gasteiger partial charge >= 0.3 is 5.97 Å². The summed E-state index contributed by atoms with van der Waals surface area (Å²) in [4.78, 5) is 38.8. The molecule has 2 aliphatic rings. The lowest BCUT2D eigenvalue weighted by Crippen LogP contribution is -2.30. The van der Waals surface area contributed by atoms with Crippen molar-refractivity contribution in [2.24, 2.45) is 11.8 Å². The number of imide groups is 1. The monoisotopic (exact) mass is 439 g/mol. The van der Waals surface area contributed by atoms with Gasteiger partial charge in [-0.3, -0.25) is 14.5 Å². The van der Waals surface area contributed by atoms with Gasteiger partial charge in [-0.15, -0.1) is 0 Å². The fourth-order valence-corrected chi connectivity index (χ4v) is 3.88. The highest BCUT2D eigenvalue weighted by molar-refractivity contribution is 9.10. The largest absolute Gasteiger partial charge is 0.457 e. The van der Waals surface area contributed by atoms with Crippen LogP contribution in [-0.4, -0.2) is 17.8 Å². The first-order chi connectivity index (χ1) is 13.5. The molecular formula is C22H18BrNO4. The standard InChI is InChI=1S/C22H18BrNO4/c23-16-9-5-14(6-10-16)13-28-22(27)15-7-11-17(12-8-15)24-20(25)18-3-1-2-4-19(18)21(24)26/h1-2,5-12,18-19H,3-4,13H2/t18-,19-/m0/s1. The van der Waals surface area contributed by atoms with Gasteiger partial charge in [-0.05, 0) is 54.8 Å². The molecule has 1 saturated heterocycles. The lowest BCUT2D eigenvalue weighted by atomic mass is 9.85. The van der Waals surface area contributed by atoms with Crippen molar-refractivity contribution >= 4 is 39.4 Å². The number of rotatable bonds is 4. The van der Waals surface area contributed by atoms with E-state index >= 15 is 0 Å². The SMILES string of the molecule is O=C(OCc1ccc(Br)cc1)c1ccc(N2C(=O)[C@H]3CC=CC[C@@H]3C2=O)cc1. The van der Waals surface area contributed by atoms with Crippen LogP contribution in [0.5, 0.6) is 0 Å². The molecule has 2 aromatic rings. The average Bonchev–Trinajstić information content (AvgIpc) is 2.98. The molecule has 142 valence electrons. The van der Waals surface area contributed by atoms with Crippen molar-refractivity contribution in [2.75, 3.05) is 4.90 Å². The maximum Gasteiger partial charge on any atom is 0.338 e. The molecule has 2 amide bonds. The van der Waals surface area contributed by atoms with Gasteiger partial charge in [0.05, 0.1) is 23.1 Å². The number of hydrogen-bond acceptors (Lipinski definition) is 4. The second-order valence-corrected chi connectivity index (χ2v) is 7.83. The zero-order valence-corrected chi connectivity index (χ0v) is 16.6. The van der Waals surface area contributed by atoms with E-state index in [9.17, 15) is 14.4 Å². The molecule has 1 heterocycles. The van der Waals surface area contributed by atoms with Crippen molar-refractivity contribution in [1.82, 2.24) is 0 Å². The summed E-state index contributed by atoms with van der Waals surface area (Å²) < 4.78 is 6.29. The molecular weight excluding hydrogens is 422 g/mol. The van der Waals surface area contributed by atoms with E-state index in [0.717, 1.165) is 10.0 Å². The number of benzene rings is 2. The number of fused-ring (bicyclic) bond motifs is 1. The third-order valence-electron chi connectivity index (χ3n) is 5.15. The highest BCUT2D eigenvalue weighted by Crippen LogP contribution is 2.37. The zero-order valence-electron chi connectivity index (χ0n) is 15.0. The van der Waals surface area contributed by atoms with Crippen LogP contribution in [0.3, 0.4) is 0 Å². The molecule has 6 heteroatoms. The van der Waals surface area contributed by atoms with Gasteiger partial charge in [0, 0.05) is 4.47 Å². The van der Waals surface area contributed by atoms with Crippen LogP contribution >= 0.6 is 15.9 Å². The molecule has 0 aromatic heterocycles. The topological polar surface area (TPSA) is 63.7 Å². The van der Waals surface area contributed by atoms with Crippen molar-refractivity contribution in [3.63, 3.8) is 0 Å². The predicted molar refractivity (Wildman–Crippen MR) is 108 cm³/mol. The smallest absolute Gasteiger partial charge is 0.338 e. The number of carbonyl (C=O) groups is 3. The number of allylic oxidation sites excluding steroid dienone is 2. The number of esters is 1. The number of carbonyl (C=O) groups excluding carboxylic acids is 3.